The summed E-state index contributed by atoms with van der Waals surface area (Å²) in [6, 6.07) is 0.936. The zero-order valence-corrected chi connectivity index (χ0v) is 11.6. The Morgan fingerprint density at radius 3 is 2.94 bits per heavy atom. The third kappa shape index (κ3) is 2.13. The van der Waals surface area contributed by atoms with Gasteiger partial charge in [0.25, 0.3) is 0 Å². The van der Waals surface area contributed by atoms with Crippen molar-refractivity contribution in [1.29, 1.82) is 0 Å². The number of hydrogen-bond donors (Lipinski definition) is 1. The highest BCUT2D eigenvalue weighted by Gasteiger charge is 2.24. The lowest BCUT2D eigenvalue weighted by molar-refractivity contribution is 0.568. The highest BCUT2D eigenvalue weighted by atomic mass is 32.2. The summed E-state index contributed by atoms with van der Waals surface area (Å²) in [6.45, 7) is 4.26. The molecular formula is C10H18N4S2. The molecule has 6 heteroatoms. The molecule has 1 aromatic heterocycles. The van der Waals surface area contributed by atoms with Crippen molar-refractivity contribution in [3.63, 3.8) is 0 Å². The molecule has 1 saturated heterocycles. The minimum atomic E-state index is 0.345. The summed E-state index contributed by atoms with van der Waals surface area (Å²) in [5, 5.41) is 7.23. The Morgan fingerprint density at radius 2 is 2.38 bits per heavy atom. The van der Waals surface area contributed by atoms with Crippen LogP contribution in [0.2, 0.25) is 0 Å². The topological polar surface area (TPSA) is 36.9 Å². The average molecular weight is 258 g/mol. The second kappa shape index (κ2) is 4.79. The van der Waals surface area contributed by atoms with Gasteiger partial charge in [0.05, 0.1) is 0 Å². The van der Waals surface area contributed by atoms with Crippen LogP contribution in [-0.4, -0.2) is 39.4 Å². The molecule has 4 nitrogen and oxygen atoms in total. The van der Waals surface area contributed by atoms with Gasteiger partial charge in [-0.1, -0.05) is 0 Å². The monoisotopic (exact) mass is 258 g/mol. The van der Waals surface area contributed by atoms with Gasteiger partial charge in [0.15, 0.2) is 4.77 Å². The van der Waals surface area contributed by atoms with Gasteiger partial charge < -0.3 is 4.90 Å². The Hall–Kier alpha value is -0.490. The molecule has 1 fully saturated rings. The molecule has 0 bridgehead atoms. The van der Waals surface area contributed by atoms with Crippen molar-refractivity contribution in [1.82, 2.24) is 14.8 Å². The maximum Gasteiger partial charge on any atom is 0.225 e. The van der Waals surface area contributed by atoms with Crippen molar-refractivity contribution in [3.05, 3.63) is 4.77 Å². The van der Waals surface area contributed by atoms with E-state index in [9.17, 15) is 0 Å². The number of hydrogen-bond acceptors (Lipinski definition) is 4. The largest absolute Gasteiger partial charge is 0.340 e. The predicted octanol–water partition coefficient (Wildman–Crippen LogP) is 2.46. The van der Waals surface area contributed by atoms with Crippen LogP contribution in [0.25, 0.3) is 0 Å². The normalized spacial score (nSPS) is 20.6. The molecule has 0 aliphatic carbocycles. The van der Waals surface area contributed by atoms with Crippen LogP contribution in [0.5, 0.6) is 0 Å². The van der Waals surface area contributed by atoms with Gasteiger partial charge in [0.1, 0.15) is 0 Å². The maximum absolute atomic E-state index is 5.26. The van der Waals surface area contributed by atoms with E-state index in [4.69, 9.17) is 12.2 Å². The lowest BCUT2D eigenvalue weighted by atomic mass is 10.2. The summed E-state index contributed by atoms with van der Waals surface area (Å²) in [4.78, 5) is 2.26. The summed E-state index contributed by atoms with van der Waals surface area (Å²) < 4.78 is 2.79. The number of nitrogens with zero attached hydrogens (tertiary/aromatic N) is 3. The second-order valence-electron chi connectivity index (χ2n) is 4.42. The fourth-order valence-corrected chi connectivity index (χ4v) is 3.61. The van der Waals surface area contributed by atoms with E-state index in [1.165, 1.54) is 17.9 Å². The average Bonchev–Trinajstić information content (AvgIpc) is 2.84. The molecule has 2 rings (SSSR count). The Bertz CT molecular complexity index is 403. The third-order valence-corrected chi connectivity index (χ3v) is 4.40. The highest BCUT2D eigenvalue weighted by molar-refractivity contribution is 7.99. The smallest absolute Gasteiger partial charge is 0.225 e. The van der Waals surface area contributed by atoms with Crippen molar-refractivity contribution in [3.8, 4) is 0 Å². The van der Waals surface area contributed by atoms with Crippen LogP contribution in [0.1, 0.15) is 26.3 Å². The SMILES string of the molecule is CC(C)n1c(N(C)C2CCSC2)n[nH]c1=S. The van der Waals surface area contributed by atoms with E-state index in [0.717, 1.165) is 5.95 Å². The molecule has 1 aliphatic rings. The summed E-state index contributed by atoms with van der Waals surface area (Å²) in [5.41, 5.74) is 0. The van der Waals surface area contributed by atoms with Crippen LogP contribution < -0.4 is 4.90 Å². The number of H-pyrrole nitrogens is 1. The van der Waals surface area contributed by atoms with Crippen LogP contribution in [-0.2, 0) is 0 Å². The van der Waals surface area contributed by atoms with Crippen LogP contribution in [0, 0.1) is 4.77 Å². The van der Waals surface area contributed by atoms with Crippen LogP contribution in [0.3, 0.4) is 0 Å². The van der Waals surface area contributed by atoms with E-state index in [1.807, 2.05) is 11.8 Å². The number of thioether (sulfide) groups is 1. The van der Waals surface area contributed by atoms with Crippen LogP contribution in [0.4, 0.5) is 5.95 Å². The van der Waals surface area contributed by atoms with E-state index in [0.29, 0.717) is 16.9 Å². The van der Waals surface area contributed by atoms with Crippen LogP contribution in [0.15, 0.2) is 0 Å². The van der Waals surface area contributed by atoms with Gasteiger partial charge in [-0.3, -0.25) is 4.57 Å². The first kappa shape index (κ1) is 12.0. The molecule has 1 atom stereocenters. The molecule has 2 heterocycles. The van der Waals surface area contributed by atoms with E-state index in [1.54, 1.807) is 0 Å². The van der Waals surface area contributed by atoms with E-state index < -0.39 is 0 Å². The highest BCUT2D eigenvalue weighted by Crippen LogP contribution is 2.26. The first-order valence-corrected chi connectivity index (χ1v) is 7.15. The number of nitrogens with one attached hydrogen (secondary N) is 1. The van der Waals surface area contributed by atoms with Gasteiger partial charge in [-0.25, -0.2) is 5.10 Å². The van der Waals surface area contributed by atoms with Crippen molar-refractivity contribution < 1.29 is 0 Å². The number of aromatic nitrogens is 3. The van der Waals surface area contributed by atoms with Crippen LogP contribution >= 0.6 is 24.0 Å². The molecule has 16 heavy (non-hydrogen) atoms. The molecule has 0 radical (unpaired) electrons. The molecule has 1 N–H and O–H groups in total. The first-order chi connectivity index (χ1) is 7.61. The first-order valence-electron chi connectivity index (χ1n) is 5.58. The van der Waals surface area contributed by atoms with Crippen molar-refractivity contribution >= 4 is 29.9 Å². The molecular weight excluding hydrogens is 240 g/mol. The quantitative estimate of drug-likeness (QED) is 0.845. The number of rotatable bonds is 3. The fraction of sp³-hybridized carbons (Fsp3) is 0.800. The number of aromatic amines is 1. The van der Waals surface area contributed by atoms with Gasteiger partial charge in [-0.15, -0.1) is 5.10 Å². The van der Waals surface area contributed by atoms with E-state index >= 15 is 0 Å². The second-order valence-corrected chi connectivity index (χ2v) is 5.96. The molecule has 1 aromatic rings. The standard InChI is InChI=1S/C10H18N4S2/c1-7(2)14-9(11-12-10(14)15)13(3)8-4-5-16-6-8/h7-8H,4-6H2,1-3H3,(H,12,15). The molecule has 0 saturated carbocycles. The maximum atomic E-state index is 5.26. The molecule has 0 amide bonds. The summed E-state index contributed by atoms with van der Waals surface area (Å²) >= 11 is 7.27. The van der Waals surface area contributed by atoms with Crippen molar-refractivity contribution in [2.24, 2.45) is 0 Å². The minimum absolute atomic E-state index is 0.345. The molecule has 0 spiro atoms. The van der Waals surface area contributed by atoms with Gasteiger partial charge in [-0.05, 0) is 38.2 Å². The molecule has 1 aliphatic heterocycles. The summed E-state index contributed by atoms with van der Waals surface area (Å²) in [5.74, 6) is 3.41. The lowest BCUT2D eigenvalue weighted by Crippen LogP contribution is -2.33. The summed E-state index contributed by atoms with van der Waals surface area (Å²) in [7, 11) is 2.11. The Labute approximate surface area is 105 Å². The van der Waals surface area contributed by atoms with Gasteiger partial charge in [0.2, 0.25) is 5.95 Å². The zero-order valence-electron chi connectivity index (χ0n) is 9.93. The minimum Gasteiger partial charge on any atom is -0.340 e. The summed E-state index contributed by atoms with van der Waals surface area (Å²) in [6.07, 6.45) is 1.24. The number of anilines is 1. The molecule has 1 unspecified atom stereocenters. The Balaban J connectivity index is 2.28. The van der Waals surface area contributed by atoms with Crippen molar-refractivity contribution in [2.75, 3.05) is 23.5 Å². The van der Waals surface area contributed by atoms with Gasteiger partial charge >= 0.3 is 0 Å². The predicted molar refractivity (Wildman–Crippen MR) is 71.9 cm³/mol. The molecule has 0 aromatic carbocycles. The zero-order chi connectivity index (χ0) is 11.7. The Morgan fingerprint density at radius 1 is 1.62 bits per heavy atom. The van der Waals surface area contributed by atoms with Gasteiger partial charge in [0, 0.05) is 24.9 Å². The van der Waals surface area contributed by atoms with E-state index in [-0.39, 0.29) is 0 Å². The van der Waals surface area contributed by atoms with Gasteiger partial charge in [-0.2, -0.15) is 11.8 Å². The molecule has 90 valence electrons. The van der Waals surface area contributed by atoms with E-state index in [2.05, 4.69) is 40.6 Å². The fourth-order valence-electron chi connectivity index (χ4n) is 2.00. The Kier molecular flexibility index (Phi) is 3.59. The third-order valence-electron chi connectivity index (χ3n) is 2.97. The lowest BCUT2D eigenvalue weighted by Gasteiger charge is -2.25. The van der Waals surface area contributed by atoms with Crippen molar-refractivity contribution in [2.45, 2.75) is 32.4 Å².